The van der Waals surface area contributed by atoms with E-state index in [1.165, 1.54) is 6.07 Å². The van der Waals surface area contributed by atoms with Crippen LogP contribution in [0.4, 0.5) is 13.2 Å². The summed E-state index contributed by atoms with van der Waals surface area (Å²) in [7, 11) is -3.17. The summed E-state index contributed by atoms with van der Waals surface area (Å²) in [6.07, 6.45) is -2.59. The molecule has 0 radical (unpaired) electrons. The van der Waals surface area contributed by atoms with Crippen LogP contribution in [-0.4, -0.2) is 32.4 Å². The van der Waals surface area contributed by atoms with E-state index in [4.69, 9.17) is 4.74 Å². The lowest BCUT2D eigenvalue weighted by Gasteiger charge is -2.16. The lowest BCUT2D eigenvalue weighted by Crippen LogP contribution is -2.12. The molecule has 8 heteroatoms. The van der Waals surface area contributed by atoms with E-state index < -0.39 is 21.6 Å². The van der Waals surface area contributed by atoms with Crippen LogP contribution >= 0.6 is 15.9 Å². The molecule has 0 aliphatic rings. The summed E-state index contributed by atoms with van der Waals surface area (Å²) in [6.45, 7) is -0.101. The average molecular weight is 465 g/mol. The second-order valence-corrected chi connectivity index (χ2v) is 9.23. The van der Waals surface area contributed by atoms with Crippen molar-refractivity contribution in [3.63, 3.8) is 0 Å². The van der Waals surface area contributed by atoms with Gasteiger partial charge in [-0.3, -0.25) is 0 Å². The number of ether oxygens (including phenoxy) is 1. The number of hydrogen-bond donors (Lipinski definition) is 0. The zero-order valence-corrected chi connectivity index (χ0v) is 17.1. The number of rotatable bonds is 8. The zero-order chi connectivity index (χ0) is 20.1. The molecule has 0 N–H and O–H groups in total. The third-order valence-corrected chi connectivity index (χ3v) is 5.27. The first-order chi connectivity index (χ1) is 12.6. The fourth-order valence-corrected chi connectivity index (χ4v) is 3.68. The molecule has 2 rings (SSSR count). The van der Waals surface area contributed by atoms with E-state index in [-0.39, 0.29) is 24.5 Å². The van der Waals surface area contributed by atoms with Crippen LogP contribution in [0.5, 0.6) is 5.75 Å². The normalized spacial score (nSPS) is 12.2. The molecule has 0 aliphatic carbocycles. The van der Waals surface area contributed by atoms with Crippen molar-refractivity contribution in [2.24, 2.45) is 0 Å². The minimum absolute atomic E-state index is 0.101. The number of sulfone groups is 1. The Morgan fingerprint density at radius 3 is 2.41 bits per heavy atom. The molecule has 0 saturated carbocycles. The lowest BCUT2D eigenvalue weighted by atomic mass is 9.99. The van der Waals surface area contributed by atoms with Gasteiger partial charge in [0.05, 0.1) is 17.9 Å². The first-order valence-electron chi connectivity index (χ1n) is 8.27. The van der Waals surface area contributed by atoms with Crippen molar-refractivity contribution in [1.29, 1.82) is 0 Å². The maximum atomic E-state index is 13.5. The summed E-state index contributed by atoms with van der Waals surface area (Å²) < 4.78 is 67.8. The molecule has 0 unspecified atom stereocenters. The highest BCUT2D eigenvalue weighted by Crippen LogP contribution is 2.39. The highest BCUT2D eigenvalue weighted by molar-refractivity contribution is 9.09. The third kappa shape index (κ3) is 6.84. The highest BCUT2D eigenvalue weighted by Gasteiger charge is 2.34. The van der Waals surface area contributed by atoms with Crippen LogP contribution < -0.4 is 4.74 Å². The summed E-state index contributed by atoms with van der Waals surface area (Å²) in [4.78, 5) is 0. The highest BCUT2D eigenvalue weighted by atomic mass is 79.9. The number of aryl methyl sites for hydroxylation is 1. The number of benzene rings is 2. The van der Waals surface area contributed by atoms with E-state index in [1.807, 2.05) is 18.2 Å². The monoisotopic (exact) mass is 464 g/mol. The van der Waals surface area contributed by atoms with E-state index in [2.05, 4.69) is 15.9 Å². The van der Waals surface area contributed by atoms with Gasteiger partial charge in [-0.2, -0.15) is 13.2 Å². The molecule has 148 valence electrons. The van der Waals surface area contributed by atoms with Crippen molar-refractivity contribution in [3.8, 4) is 16.9 Å². The molecule has 0 saturated heterocycles. The summed E-state index contributed by atoms with van der Waals surface area (Å²) >= 11 is 3.35. The van der Waals surface area contributed by atoms with Gasteiger partial charge in [-0.25, -0.2) is 8.42 Å². The molecule has 0 aliphatic heterocycles. The van der Waals surface area contributed by atoms with Gasteiger partial charge in [0, 0.05) is 11.6 Å². The van der Waals surface area contributed by atoms with Gasteiger partial charge in [-0.05, 0) is 41.7 Å². The summed E-state index contributed by atoms with van der Waals surface area (Å²) in [5.41, 5.74) is 1.30. The molecule has 27 heavy (non-hydrogen) atoms. The Morgan fingerprint density at radius 2 is 1.78 bits per heavy atom. The van der Waals surface area contributed by atoms with E-state index >= 15 is 0 Å². The number of hydrogen-bond acceptors (Lipinski definition) is 3. The Morgan fingerprint density at radius 1 is 1.07 bits per heavy atom. The van der Waals surface area contributed by atoms with Crippen molar-refractivity contribution < 1.29 is 26.3 Å². The van der Waals surface area contributed by atoms with Crippen LogP contribution in [0.15, 0.2) is 42.5 Å². The summed E-state index contributed by atoms with van der Waals surface area (Å²) in [6, 6.07) is 11.3. The van der Waals surface area contributed by atoms with Crippen molar-refractivity contribution in [2.75, 3.05) is 23.9 Å². The van der Waals surface area contributed by atoms with Crippen LogP contribution in [0.1, 0.15) is 17.5 Å². The Labute approximate surface area is 165 Å². The molecule has 2 aromatic rings. The molecule has 0 bridgehead atoms. The summed E-state index contributed by atoms with van der Waals surface area (Å²) in [5, 5.41) is 0.768. The first kappa shape index (κ1) is 21.8. The molecule has 0 aromatic heterocycles. The number of halogens is 4. The Bertz CT molecular complexity index is 880. The van der Waals surface area contributed by atoms with Crippen LogP contribution in [0.3, 0.4) is 0 Å². The molecule has 0 fully saturated rings. The van der Waals surface area contributed by atoms with Crippen LogP contribution in [0.2, 0.25) is 0 Å². The molecule has 0 spiro atoms. The Balaban J connectivity index is 2.26. The standard InChI is InChI=1S/C19H20BrF3O3S/c1-27(24,25)11-3-10-26-18-7-6-16(13-17(18)19(21,22)23)15-5-2-4-14(12-15)8-9-20/h2,4-7,12-13H,3,8-11H2,1H3. The maximum Gasteiger partial charge on any atom is 0.419 e. The first-order valence-corrected chi connectivity index (χ1v) is 11.5. The quantitative estimate of drug-likeness (QED) is 0.402. The predicted octanol–water partition coefficient (Wildman–Crippen LogP) is 5.12. The molecule has 0 heterocycles. The molecule has 0 amide bonds. The van der Waals surface area contributed by atoms with Gasteiger partial charge in [0.15, 0.2) is 0 Å². The SMILES string of the molecule is CS(=O)(=O)CCCOc1ccc(-c2cccc(CCBr)c2)cc1C(F)(F)F. The van der Waals surface area contributed by atoms with Crippen molar-refractivity contribution in [3.05, 3.63) is 53.6 Å². The van der Waals surface area contributed by atoms with Crippen molar-refractivity contribution in [1.82, 2.24) is 0 Å². The minimum Gasteiger partial charge on any atom is -0.493 e. The average Bonchev–Trinajstić information content (AvgIpc) is 2.58. The van der Waals surface area contributed by atoms with E-state index in [9.17, 15) is 21.6 Å². The van der Waals surface area contributed by atoms with Crippen LogP contribution in [0.25, 0.3) is 11.1 Å². The van der Waals surface area contributed by atoms with Crippen molar-refractivity contribution in [2.45, 2.75) is 19.0 Å². The number of alkyl halides is 4. The maximum absolute atomic E-state index is 13.5. The second kappa shape index (κ2) is 9.10. The molecular weight excluding hydrogens is 445 g/mol. The molecule has 0 atom stereocenters. The molecular formula is C19H20BrF3O3S. The predicted molar refractivity (Wildman–Crippen MR) is 104 cm³/mol. The summed E-state index contributed by atoms with van der Waals surface area (Å²) in [5.74, 6) is -0.427. The Kier molecular flexibility index (Phi) is 7.33. The smallest absolute Gasteiger partial charge is 0.419 e. The van der Waals surface area contributed by atoms with Crippen molar-refractivity contribution >= 4 is 25.8 Å². The largest absolute Gasteiger partial charge is 0.493 e. The van der Waals surface area contributed by atoms with Gasteiger partial charge < -0.3 is 4.74 Å². The second-order valence-electron chi connectivity index (χ2n) is 6.18. The van der Waals surface area contributed by atoms with Gasteiger partial charge in [0.1, 0.15) is 15.6 Å². The Hall–Kier alpha value is -1.54. The van der Waals surface area contributed by atoms with E-state index in [0.717, 1.165) is 29.6 Å². The third-order valence-electron chi connectivity index (χ3n) is 3.85. The van der Waals surface area contributed by atoms with Gasteiger partial charge in [-0.1, -0.05) is 46.3 Å². The lowest BCUT2D eigenvalue weighted by molar-refractivity contribution is -0.138. The van der Waals surface area contributed by atoms with E-state index in [1.54, 1.807) is 12.1 Å². The fraction of sp³-hybridized carbons (Fsp3) is 0.368. The zero-order valence-electron chi connectivity index (χ0n) is 14.7. The van der Waals surface area contributed by atoms with Gasteiger partial charge in [0.25, 0.3) is 0 Å². The van der Waals surface area contributed by atoms with Gasteiger partial charge >= 0.3 is 6.18 Å². The topological polar surface area (TPSA) is 43.4 Å². The van der Waals surface area contributed by atoms with Gasteiger partial charge in [0.2, 0.25) is 0 Å². The van der Waals surface area contributed by atoms with Crippen LogP contribution in [0, 0.1) is 0 Å². The fourth-order valence-electron chi connectivity index (χ4n) is 2.58. The van der Waals surface area contributed by atoms with Gasteiger partial charge in [-0.15, -0.1) is 0 Å². The minimum atomic E-state index is -4.57. The van der Waals surface area contributed by atoms with Crippen LogP contribution in [-0.2, 0) is 22.4 Å². The molecule has 2 aromatic carbocycles. The van der Waals surface area contributed by atoms with E-state index in [0.29, 0.717) is 11.1 Å². The molecule has 3 nitrogen and oxygen atoms in total.